The van der Waals surface area contributed by atoms with Crippen LogP contribution in [-0.4, -0.2) is 16.9 Å². The first-order valence-electron chi connectivity index (χ1n) is 7.14. The molecule has 0 bridgehead atoms. The summed E-state index contributed by atoms with van der Waals surface area (Å²) in [6.45, 7) is 4.88. The van der Waals surface area contributed by atoms with Crippen LogP contribution in [0, 0.1) is 0 Å². The largest absolute Gasteiger partial charge is 0.497 e. The van der Waals surface area contributed by atoms with Crippen LogP contribution in [0.3, 0.4) is 0 Å². The van der Waals surface area contributed by atoms with Crippen molar-refractivity contribution in [3.05, 3.63) is 46.2 Å². The van der Waals surface area contributed by atoms with Crippen LogP contribution in [0.1, 0.15) is 36.8 Å². The molecule has 4 nitrogen and oxygen atoms in total. The van der Waals surface area contributed by atoms with Crippen LogP contribution in [0.2, 0.25) is 5.02 Å². The average Bonchev–Trinajstić information content (AvgIpc) is 2.79. The fourth-order valence-corrected chi connectivity index (χ4v) is 2.63. The van der Waals surface area contributed by atoms with E-state index in [-0.39, 0.29) is 6.04 Å². The summed E-state index contributed by atoms with van der Waals surface area (Å²) >= 11 is 6.36. The van der Waals surface area contributed by atoms with E-state index in [1.807, 2.05) is 23.9 Å². The Balaban J connectivity index is 2.03. The molecule has 114 valence electrons. The van der Waals surface area contributed by atoms with Crippen LogP contribution >= 0.6 is 11.6 Å². The number of aromatic nitrogens is 2. The Morgan fingerprint density at radius 2 is 2.00 bits per heavy atom. The molecular weight excluding hydrogens is 286 g/mol. The van der Waals surface area contributed by atoms with Gasteiger partial charge in [0.05, 0.1) is 23.5 Å². The maximum absolute atomic E-state index is 6.36. The van der Waals surface area contributed by atoms with E-state index >= 15 is 0 Å². The summed E-state index contributed by atoms with van der Waals surface area (Å²) in [7, 11) is 3.60. The number of ether oxygens (including phenoxy) is 1. The maximum atomic E-state index is 6.36. The molecule has 5 heteroatoms. The van der Waals surface area contributed by atoms with Gasteiger partial charge in [0.1, 0.15) is 5.75 Å². The molecule has 21 heavy (non-hydrogen) atoms. The molecule has 0 saturated carbocycles. The van der Waals surface area contributed by atoms with E-state index in [2.05, 4.69) is 36.4 Å². The second-order valence-corrected chi connectivity index (χ2v) is 5.44. The van der Waals surface area contributed by atoms with Gasteiger partial charge in [-0.1, -0.05) is 30.7 Å². The zero-order valence-corrected chi connectivity index (χ0v) is 13.7. The minimum absolute atomic E-state index is 0.229. The van der Waals surface area contributed by atoms with Crippen LogP contribution in [-0.2, 0) is 20.0 Å². The third-order valence-electron chi connectivity index (χ3n) is 3.69. The molecule has 0 unspecified atom stereocenters. The second-order valence-electron chi connectivity index (χ2n) is 5.06. The van der Waals surface area contributed by atoms with Gasteiger partial charge in [-0.15, -0.1) is 0 Å². The van der Waals surface area contributed by atoms with Gasteiger partial charge in [0.25, 0.3) is 0 Å². The average molecular weight is 308 g/mol. The van der Waals surface area contributed by atoms with Crippen molar-refractivity contribution in [2.75, 3.05) is 7.11 Å². The number of halogens is 1. The van der Waals surface area contributed by atoms with Gasteiger partial charge in [0.15, 0.2) is 0 Å². The summed E-state index contributed by atoms with van der Waals surface area (Å²) in [5.41, 5.74) is 3.19. The van der Waals surface area contributed by atoms with Gasteiger partial charge in [0, 0.05) is 19.6 Å². The summed E-state index contributed by atoms with van der Waals surface area (Å²) in [5, 5.41) is 8.69. The molecule has 1 aromatic carbocycles. The number of nitrogens with one attached hydrogen (secondary N) is 1. The van der Waals surface area contributed by atoms with Crippen molar-refractivity contribution in [3.8, 4) is 5.75 Å². The molecule has 0 amide bonds. The molecule has 0 aliphatic carbocycles. The highest BCUT2D eigenvalue weighted by molar-refractivity contribution is 6.31. The summed E-state index contributed by atoms with van der Waals surface area (Å²) < 4.78 is 7.03. The van der Waals surface area contributed by atoms with E-state index < -0.39 is 0 Å². The van der Waals surface area contributed by atoms with Crippen LogP contribution in [0.4, 0.5) is 0 Å². The third kappa shape index (κ3) is 3.57. The van der Waals surface area contributed by atoms with Gasteiger partial charge in [-0.2, -0.15) is 5.10 Å². The molecular formula is C16H22ClN3O. The highest BCUT2D eigenvalue weighted by atomic mass is 35.5. The van der Waals surface area contributed by atoms with Gasteiger partial charge in [0.2, 0.25) is 0 Å². The van der Waals surface area contributed by atoms with Gasteiger partial charge < -0.3 is 10.1 Å². The van der Waals surface area contributed by atoms with E-state index in [9.17, 15) is 0 Å². The van der Waals surface area contributed by atoms with Crippen LogP contribution < -0.4 is 10.1 Å². The van der Waals surface area contributed by atoms with Gasteiger partial charge in [-0.25, -0.2) is 0 Å². The molecule has 1 heterocycles. The molecule has 1 aromatic heterocycles. The quantitative estimate of drug-likeness (QED) is 0.888. The first kappa shape index (κ1) is 15.9. The lowest BCUT2D eigenvalue weighted by molar-refractivity contribution is 0.414. The predicted molar refractivity (Wildman–Crippen MR) is 85.8 cm³/mol. The highest BCUT2D eigenvalue weighted by Gasteiger charge is 2.14. The Morgan fingerprint density at radius 1 is 1.33 bits per heavy atom. The fourth-order valence-electron chi connectivity index (χ4n) is 2.27. The summed E-state index contributed by atoms with van der Waals surface area (Å²) in [4.78, 5) is 0. The molecule has 2 aromatic rings. The Bertz CT molecular complexity index is 592. The molecule has 0 fully saturated rings. The van der Waals surface area contributed by atoms with Crippen molar-refractivity contribution < 1.29 is 4.74 Å². The number of hydrogen-bond acceptors (Lipinski definition) is 3. The Morgan fingerprint density at radius 3 is 2.52 bits per heavy atom. The van der Waals surface area contributed by atoms with Crippen molar-refractivity contribution >= 4 is 11.6 Å². The van der Waals surface area contributed by atoms with Gasteiger partial charge >= 0.3 is 0 Å². The molecule has 0 aliphatic heterocycles. The Kier molecular flexibility index (Phi) is 5.26. The summed E-state index contributed by atoms with van der Waals surface area (Å²) in [5.74, 6) is 0.869. The molecule has 1 atom stereocenters. The normalized spacial score (nSPS) is 12.4. The number of methoxy groups -OCH3 is 1. The van der Waals surface area contributed by atoms with E-state index in [4.69, 9.17) is 16.3 Å². The molecule has 0 saturated heterocycles. The minimum atomic E-state index is 0.229. The number of hydrogen-bond donors (Lipinski definition) is 1. The molecule has 0 radical (unpaired) electrons. The van der Waals surface area contributed by atoms with Crippen LogP contribution in [0.15, 0.2) is 24.3 Å². The van der Waals surface area contributed by atoms with E-state index in [0.717, 1.165) is 28.6 Å². The standard InChI is InChI=1S/C16H22ClN3O/c1-5-14-16(17)15(20(3)19-14)10-18-11(2)12-6-8-13(21-4)9-7-12/h6-9,11,18H,5,10H2,1-4H3/t11-/m1/s1. The lowest BCUT2D eigenvalue weighted by Crippen LogP contribution is -2.20. The van der Waals surface area contributed by atoms with Gasteiger partial charge in [-0.05, 0) is 31.0 Å². The van der Waals surface area contributed by atoms with Crippen molar-refractivity contribution in [1.82, 2.24) is 15.1 Å². The molecule has 1 N–H and O–H groups in total. The zero-order chi connectivity index (χ0) is 15.4. The monoisotopic (exact) mass is 307 g/mol. The highest BCUT2D eigenvalue weighted by Crippen LogP contribution is 2.22. The number of benzene rings is 1. The van der Waals surface area contributed by atoms with Crippen molar-refractivity contribution in [2.24, 2.45) is 7.05 Å². The SMILES string of the molecule is CCc1nn(C)c(CN[C@H](C)c2ccc(OC)cc2)c1Cl. The van der Waals surface area contributed by atoms with E-state index in [1.54, 1.807) is 7.11 Å². The first-order chi connectivity index (χ1) is 10.1. The number of nitrogens with zero attached hydrogens (tertiary/aromatic N) is 2. The lowest BCUT2D eigenvalue weighted by Gasteiger charge is -2.15. The topological polar surface area (TPSA) is 39.1 Å². The lowest BCUT2D eigenvalue weighted by atomic mass is 10.1. The number of rotatable bonds is 6. The van der Waals surface area contributed by atoms with Crippen molar-refractivity contribution in [1.29, 1.82) is 0 Å². The predicted octanol–water partition coefficient (Wildman–Crippen LogP) is 3.50. The smallest absolute Gasteiger partial charge is 0.118 e. The van der Waals surface area contributed by atoms with Crippen molar-refractivity contribution in [3.63, 3.8) is 0 Å². The third-order valence-corrected chi connectivity index (χ3v) is 4.13. The van der Waals surface area contributed by atoms with Crippen molar-refractivity contribution in [2.45, 2.75) is 32.9 Å². The maximum Gasteiger partial charge on any atom is 0.118 e. The molecule has 2 rings (SSSR count). The summed E-state index contributed by atoms with van der Waals surface area (Å²) in [6, 6.07) is 8.31. The number of aryl methyl sites for hydroxylation is 2. The van der Waals surface area contributed by atoms with Crippen LogP contribution in [0.5, 0.6) is 5.75 Å². The Hall–Kier alpha value is -1.52. The first-order valence-corrected chi connectivity index (χ1v) is 7.52. The fraction of sp³-hybridized carbons (Fsp3) is 0.438. The molecule has 0 aliphatic rings. The zero-order valence-electron chi connectivity index (χ0n) is 13.0. The second kappa shape index (κ2) is 6.96. The van der Waals surface area contributed by atoms with Gasteiger partial charge in [-0.3, -0.25) is 4.68 Å². The minimum Gasteiger partial charge on any atom is -0.497 e. The summed E-state index contributed by atoms with van der Waals surface area (Å²) in [6.07, 6.45) is 0.848. The van der Waals surface area contributed by atoms with Crippen LogP contribution in [0.25, 0.3) is 0 Å². The Labute approximate surface area is 131 Å². The van der Waals surface area contributed by atoms with E-state index in [1.165, 1.54) is 5.56 Å². The van der Waals surface area contributed by atoms with E-state index in [0.29, 0.717) is 6.54 Å². The molecule has 0 spiro atoms.